The van der Waals surface area contributed by atoms with Gasteiger partial charge in [-0.1, -0.05) is 11.6 Å². The zero-order valence-electron chi connectivity index (χ0n) is 11.7. The van der Waals surface area contributed by atoms with Gasteiger partial charge in [0.25, 0.3) is 11.8 Å². The number of hydrogen-bond acceptors (Lipinski definition) is 3. The molecule has 0 radical (unpaired) electrons. The van der Waals surface area contributed by atoms with E-state index in [9.17, 15) is 9.59 Å². The van der Waals surface area contributed by atoms with Gasteiger partial charge in [0.2, 0.25) is 0 Å². The summed E-state index contributed by atoms with van der Waals surface area (Å²) in [5.74, 6) is -0.360. The van der Waals surface area contributed by atoms with Crippen LogP contribution < -0.4 is 10.6 Å². The van der Waals surface area contributed by atoms with E-state index in [0.717, 1.165) is 12.8 Å². The van der Waals surface area contributed by atoms with Crippen LogP contribution in [0.15, 0.2) is 42.6 Å². The van der Waals surface area contributed by atoms with Crippen LogP contribution in [0.3, 0.4) is 0 Å². The molecule has 2 amide bonds. The fourth-order valence-corrected chi connectivity index (χ4v) is 2.12. The molecule has 6 heteroatoms. The third-order valence-corrected chi connectivity index (χ3v) is 3.51. The Labute approximate surface area is 132 Å². The number of hydrogen-bond donors (Lipinski definition) is 2. The number of anilines is 1. The summed E-state index contributed by atoms with van der Waals surface area (Å²) >= 11 is 5.76. The van der Waals surface area contributed by atoms with Gasteiger partial charge in [-0.3, -0.25) is 9.59 Å². The molecule has 5 nitrogen and oxygen atoms in total. The van der Waals surface area contributed by atoms with E-state index in [-0.39, 0.29) is 17.0 Å². The molecule has 1 aromatic heterocycles. The lowest BCUT2D eigenvalue weighted by molar-refractivity contribution is 0.0950. The molecule has 1 saturated carbocycles. The van der Waals surface area contributed by atoms with Gasteiger partial charge in [-0.25, -0.2) is 4.98 Å². The largest absolute Gasteiger partial charge is 0.349 e. The van der Waals surface area contributed by atoms with Gasteiger partial charge >= 0.3 is 0 Å². The normalized spacial score (nSPS) is 13.5. The standard InChI is InChI=1S/C16H14ClN3O2/c17-14-9-11(7-8-18-14)16(22)20-12-3-1-10(2-4-12)15(21)19-13-5-6-13/h1-4,7-9,13H,5-6H2,(H,19,21)(H,20,22). The lowest BCUT2D eigenvalue weighted by Gasteiger charge is -2.07. The second-order valence-electron chi connectivity index (χ2n) is 5.15. The Hall–Kier alpha value is -2.40. The molecule has 0 bridgehead atoms. The zero-order valence-corrected chi connectivity index (χ0v) is 12.4. The highest BCUT2D eigenvalue weighted by molar-refractivity contribution is 6.29. The van der Waals surface area contributed by atoms with Gasteiger partial charge < -0.3 is 10.6 Å². The summed E-state index contributed by atoms with van der Waals surface area (Å²) in [6.45, 7) is 0. The summed E-state index contributed by atoms with van der Waals surface area (Å²) < 4.78 is 0. The van der Waals surface area contributed by atoms with Crippen molar-refractivity contribution in [1.29, 1.82) is 0 Å². The molecule has 0 aliphatic heterocycles. The van der Waals surface area contributed by atoms with Gasteiger partial charge in [0, 0.05) is 29.1 Å². The zero-order chi connectivity index (χ0) is 15.5. The lowest BCUT2D eigenvalue weighted by Crippen LogP contribution is -2.25. The number of aromatic nitrogens is 1. The Balaban J connectivity index is 1.65. The van der Waals surface area contributed by atoms with Gasteiger partial charge in [-0.2, -0.15) is 0 Å². The predicted octanol–water partition coefficient (Wildman–Crippen LogP) is 2.88. The van der Waals surface area contributed by atoms with Gasteiger partial charge in [-0.15, -0.1) is 0 Å². The molecule has 2 aromatic rings. The first-order chi connectivity index (χ1) is 10.6. The van der Waals surface area contributed by atoms with Crippen molar-refractivity contribution in [2.75, 3.05) is 5.32 Å². The van der Waals surface area contributed by atoms with Crippen LogP contribution in [-0.2, 0) is 0 Å². The van der Waals surface area contributed by atoms with E-state index in [4.69, 9.17) is 11.6 Å². The van der Waals surface area contributed by atoms with Gasteiger partial charge in [0.05, 0.1) is 0 Å². The maximum Gasteiger partial charge on any atom is 0.255 e. The number of halogens is 1. The van der Waals surface area contributed by atoms with Crippen molar-refractivity contribution in [3.8, 4) is 0 Å². The molecular formula is C16H14ClN3O2. The Kier molecular flexibility index (Phi) is 4.06. The Morgan fingerprint density at radius 1 is 1.05 bits per heavy atom. The van der Waals surface area contributed by atoms with Crippen LogP contribution >= 0.6 is 11.6 Å². The molecule has 1 aliphatic carbocycles. The molecule has 1 aromatic carbocycles. The number of carbonyl (C=O) groups is 2. The van der Waals surface area contributed by atoms with Crippen LogP contribution in [0.2, 0.25) is 5.15 Å². The molecule has 112 valence electrons. The molecule has 1 fully saturated rings. The summed E-state index contributed by atoms with van der Waals surface area (Å²) in [5.41, 5.74) is 1.62. The fourth-order valence-electron chi connectivity index (χ4n) is 1.95. The summed E-state index contributed by atoms with van der Waals surface area (Å²) in [6, 6.07) is 10.2. The average Bonchev–Trinajstić information content (AvgIpc) is 3.32. The van der Waals surface area contributed by atoms with Crippen LogP contribution in [0, 0.1) is 0 Å². The van der Waals surface area contributed by atoms with Crippen molar-refractivity contribution in [2.24, 2.45) is 0 Å². The minimum absolute atomic E-state index is 0.0821. The van der Waals surface area contributed by atoms with E-state index in [2.05, 4.69) is 15.6 Å². The summed E-state index contributed by atoms with van der Waals surface area (Å²) in [6.07, 6.45) is 3.57. The molecule has 1 heterocycles. The molecular weight excluding hydrogens is 302 g/mol. The van der Waals surface area contributed by atoms with E-state index in [1.807, 2.05) is 0 Å². The van der Waals surface area contributed by atoms with Crippen LogP contribution in [0.5, 0.6) is 0 Å². The smallest absolute Gasteiger partial charge is 0.255 e. The first-order valence-electron chi connectivity index (χ1n) is 6.95. The number of nitrogens with one attached hydrogen (secondary N) is 2. The highest BCUT2D eigenvalue weighted by Gasteiger charge is 2.23. The van der Waals surface area contributed by atoms with E-state index in [1.54, 1.807) is 30.3 Å². The van der Waals surface area contributed by atoms with Gasteiger partial charge in [0.1, 0.15) is 5.15 Å². The quantitative estimate of drug-likeness (QED) is 0.852. The highest BCUT2D eigenvalue weighted by Crippen LogP contribution is 2.20. The Morgan fingerprint density at radius 2 is 1.77 bits per heavy atom. The SMILES string of the molecule is O=C(Nc1ccc(C(=O)NC2CC2)cc1)c1ccnc(Cl)c1. The predicted molar refractivity (Wildman–Crippen MR) is 84.1 cm³/mol. The Morgan fingerprint density at radius 3 is 2.41 bits per heavy atom. The minimum Gasteiger partial charge on any atom is -0.349 e. The summed E-state index contributed by atoms with van der Waals surface area (Å²) in [4.78, 5) is 27.8. The third-order valence-electron chi connectivity index (χ3n) is 3.31. The second kappa shape index (κ2) is 6.15. The molecule has 3 rings (SSSR count). The van der Waals surface area contributed by atoms with Crippen LogP contribution in [0.4, 0.5) is 5.69 Å². The number of benzene rings is 1. The average molecular weight is 316 g/mol. The molecule has 1 aliphatic rings. The van der Waals surface area contributed by atoms with E-state index >= 15 is 0 Å². The maximum atomic E-state index is 12.1. The molecule has 22 heavy (non-hydrogen) atoms. The molecule has 0 unspecified atom stereocenters. The number of nitrogens with zero attached hydrogens (tertiary/aromatic N) is 1. The van der Waals surface area contributed by atoms with Crippen molar-refractivity contribution in [2.45, 2.75) is 18.9 Å². The highest BCUT2D eigenvalue weighted by atomic mass is 35.5. The topological polar surface area (TPSA) is 71.1 Å². The molecule has 2 N–H and O–H groups in total. The number of amides is 2. The van der Waals surface area contributed by atoms with E-state index < -0.39 is 0 Å². The first kappa shape index (κ1) is 14.5. The van der Waals surface area contributed by atoms with E-state index in [0.29, 0.717) is 22.9 Å². The van der Waals surface area contributed by atoms with Crippen LogP contribution in [0.25, 0.3) is 0 Å². The van der Waals surface area contributed by atoms with Crippen molar-refractivity contribution in [3.05, 3.63) is 58.9 Å². The molecule has 0 atom stereocenters. The van der Waals surface area contributed by atoms with Crippen molar-refractivity contribution >= 4 is 29.1 Å². The second-order valence-corrected chi connectivity index (χ2v) is 5.53. The Bertz CT molecular complexity index is 712. The number of carbonyl (C=O) groups excluding carboxylic acids is 2. The van der Waals surface area contributed by atoms with Crippen LogP contribution in [-0.4, -0.2) is 22.8 Å². The molecule has 0 saturated heterocycles. The summed E-state index contributed by atoms with van der Waals surface area (Å²) in [5, 5.41) is 5.93. The van der Waals surface area contributed by atoms with E-state index in [1.165, 1.54) is 12.3 Å². The van der Waals surface area contributed by atoms with Crippen molar-refractivity contribution in [1.82, 2.24) is 10.3 Å². The van der Waals surface area contributed by atoms with Gasteiger partial charge in [-0.05, 0) is 49.2 Å². The van der Waals surface area contributed by atoms with Gasteiger partial charge in [0.15, 0.2) is 0 Å². The minimum atomic E-state index is -0.278. The first-order valence-corrected chi connectivity index (χ1v) is 7.33. The monoisotopic (exact) mass is 315 g/mol. The number of rotatable bonds is 4. The maximum absolute atomic E-state index is 12.1. The van der Waals surface area contributed by atoms with Crippen molar-refractivity contribution < 1.29 is 9.59 Å². The summed E-state index contributed by atoms with van der Waals surface area (Å²) in [7, 11) is 0. The van der Waals surface area contributed by atoms with Crippen molar-refractivity contribution in [3.63, 3.8) is 0 Å². The lowest BCUT2D eigenvalue weighted by atomic mass is 10.2. The third kappa shape index (κ3) is 3.62. The fraction of sp³-hybridized carbons (Fsp3) is 0.188. The molecule has 0 spiro atoms. The van der Waals surface area contributed by atoms with Crippen LogP contribution in [0.1, 0.15) is 33.6 Å². The number of pyridine rings is 1.